The third kappa shape index (κ3) is 3.13. The number of fused-ring (bicyclic) bond motifs is 1. The fourth-order valence-corrected chi connectivity index (χ4v) is 3.03. The molecule has 0 atom stereocenters. The molecule has 0 spiro atoms. The maximum atomic E-state index is 12.8. The van der Waals surface area contributed by atoms with Gasteiger partial charge in [0.05, 0.1) is 28.0 Å². The first-order chi connectivity index (χ1) is 12.9. The minimum atomic E-state index is -0.271. The summed E-state index contributed by atoms with van der Waals surface area (Å²) in [6, 6.07) is 10.7. The van der Waals surface area contributed by atoms with Gasteiger partial charge in [0, 0.05) is 16.9 Å². The van der Waals surface area contributed by atoms with Crippen molar-refractivity contribution in [2.24, 2.45) is 4.99 Å². The van der Waals surface area contributed by atoms with Gasteiger partial charge in [-0.3, -0.25) is 14.9 Å². The molecule has 0 bridgehead atoms. The number of aromatic amines is 3. The zero-order chi connectivity index (χ0) is 19.1. The smallest absolute Gasteiger partial charge is 0.306 e. The van der Waals surface area contributed by atoms with Crippen molar-refractivity contribution < 1.29 is 0 Å². The molecule has 27 heavy (non-hydrogen) atoms. The summed E-state index contributed by atoms with van der Waals surface area (Å²) < 4.78 is 1.44. The second-order valence-electron chi connectivity index (χ2n) is 6.29. The van der Waals surface area contributed by atoms with E-state index in [1.54, 1.807) is 24.3 Å². The molecular weight excluding hydrogens is 366 g/mol. The van der Waals surface area contributed by atoms with Gasteiger partial charge in [-0.1, -0.05) is 17.7 Å². The third-order valence-electron chi connectivity index (χ3n) is 4.37. The molecule has 0 saturated heterocycles. The zero-order valence-electron chi connectivity index (χ0n) is 14.6. The van der Waals surface area contributed by atoms with E-state index in [-0.39, 0.29) is 11.2 Å². The Labute approximate surface area is 158 Å². The van der Waals surface area contributed by atoms with Crippen molar-refractivity contribution in [1.29, 1.82) is 0 Å². The summed E-state index contributed by atoms with van der Waals surface area (Å²) in [6.07, 6.45) is 1.52. The van der Waals surface area contributed by atoms with Gasteiger partial charge in [0.15, 0.2) is 0 Å². The second kappa shape index (κ2) is 6.44. The maximum Gasteiger partial charge on any atom is 0.323 e. The summed E-state index contributed by atoms with van der Waals surface area (Å²) >= 11 is 6.17. The Hall–Kier alpha value is -3.32. The fourth-order valence-electron chi connectivity index (χ4n) is 2.85. The molecule has 0 unspecified atom stereocenters. The predicted octanol–water partition coefficient (Wildman–Crippen LogP) is 3.36. The largest absolute Gasteiger partial charge is 0.323 e. The average molecular weight is 382 g/mol. The van der Waals surface area contributed by atoms with Crippen molar-refractivity contribution in [1.82, 2.24) is 19.7 Å². The van der Waals surface area contributed by atoms with E-state index < -0.39 is 0 Å². The number of nitrogens with one attached hydrogen (secondary N) is 3. The maximum absolute atomic E-state index is 12.8. The first-order valence-corrected chi connectivity index (χ1v) is 8.64. The van der Waals surface area contributed by atoms with Gasteiger partial charge in [0.25, 0.3) is 5.56 Å². The molecule has 0 aliphatic heterocycles. The van der Waals surface area contributed by atoms with Gasteiger partial charge < -0.3 is 9.97 Å². The highest BCUT2D eigenvalue weighted by molar-refractivity contribution is 6.31. The number of hydrogen-bond donors (Lipinski definition) is 3. The molecule has 0 saturated carbocycles. The number of aromatic nitrogens is 4. The number of rotatable bonds is 3. The summed E-state index contributed by atoms with van der Waals surface area (Å²) in [5.74, 6) is 0. The first kappa shape index (κ1) is 17.1. The number of hydrogen-bond acceptors (Lipinski definition) is 3. The van der Waals surface area contributed by atoms with Gasteiger partial charge in [0.2, 0.25) is 0 Å². The SMILES string of the molecule is Cc1ccc(-n2[nH]c(C)c(C=Nc3ccc4[nH]c(=O)[nH]c4c3)c2=O)cc1Cl. The van der Waals surface area contributed by atoms with Gasteiger partial charge in [0.1, 0.15) is 0 Å². The Morgan fingerprint density at radius 2 is 1.81 bits per heavy atom. The molecule has 2 aromatic carbocycles. The molecule has 2 aromatic heterocycles. The molecule has 2 heterocycles. The number of H-pyrrole nitrogens is 3. The molecular formula is C19H16ClN5O2. The molecule has 3 N–H and O–H groups in total. The Balaban J connectivity index is 1.72. The van der Waals surface area contributed by atoms with Crippen LogP contribution in [0.4, 0.5) is 5.69 Å². The van der Waals surface area contributed by atoms with E-state index in [0.717, 1.165) is 5.56 Å². The second-order valence-corrected chi connectivity index (χ2v) is 6.70. The highest BCUT2D eigenvalue weighted by atomic mass is 35.5. The van der Waals surface area contributed by atoms with Crippen LogP contribution in [0.3, 0.4) is 0 Å². The summed E-state index contributed by atoms with van der Waals surface area (Å²) in [7, 11) is 0. The minimum Gasteiger partial charge on any atom is -0.306 e. The Morgan fingerprint density at radius 1 is 1.04 bits per heavy atom. The normalized spacial score (nSPS) is 11.7. The molecule has 4 rings (SSSR count). The molecule has 8 heteroatoms. The zero-order valence-corrected chi connectivity index (χ0v) is 15.4. The number of aliphatic imine (C=N–C) groups is 1. The van der Waals surface area contributed by atoms with Crippen LogP contribution in [0.2, 0.25) is 5.02 Å². The van der Waals surface area contributed by atoms with Crippen molar-refractivity contribution in [2.45, 2.75) is 13.8 Å². The van der Waals surface area contributed by atoms with Gasteiger partial charge >= 0.3 is 5.69 Å². The lowest BCUT2D eigenvalue weighted by Gasteiger charge is -2.04. The lowest BCUT2D eigenvalue weighted by atomic mass is 10.2. The quantitative estimate of drug-likeness (QED) is 0.474. The Morgan fingerprint density at radius 3 is 2.59 bits per heavy atom. The Bertz CT molecular complexity index is 1310. The monoisotopic (exact) mass is 381 g/mol. The third-order valence-corrected chi connectivity index (χ3v) is 4.78. The van der Waals surface area contributed by atoms with Gasteiger partial charge in [-0.25, -0.2) is 9.48 Å². The average Bonchev–Trinajstić information content (AvgIpc) is 3.14. The molecule has 0 aliphatic rings. The molecule has 0 aliphatic carbocycles. The lowest BCUT2D eigenvalue weighted by Crippen LogP contribution is -2.17. The van der Waals surface area contributed by atoms with E-state index in [1.807, 2.05) is 26.0 Å². The van der Waals surface area contributed by atoms with Gasteiger partial charge in [-0.15, -0.1) is 0 Å². The van der Waals surface area contributed by atoms with Crippen molar-refractivity contribution in [3.63, 3.8) is 0 Å². The summed E-state index contributed by atoms with van der Waals surface area (Å²) in [4.78, 5) is 33.8. The molecule has 0 fully saturated rings. The predicted molar refractivity (Wildman–Crippen MR) is 107 cm³/mol. The van der Waals surface area contributed by atoms with Crippen LogP contribution < -0.4 is 11.2 Å². The van der Waals surface area contributed by atoms with Crippen molar-refractivity contribution in [3.05, 3.63) is 79.1 Å². The van der Waals surface area contributed by atoms with E-state index in [9.17, 15) is 9.59 Å². The van der Waals surface area contributed by atoms with Gasteiger partial charge in [-0.2, -0.15) is 0 Å². The highest BCUT2D eigenvalue weighted by Crippen LogP contribution is 2.19. The number of benzene rings is 2. The lowest BCUT2D eigenvalue weighted by molar-refractivity contribution is 0.835. The van der Waals surface area contributed by atoms with Crippen LogP contribution in [-0.2, 0) is 0 Å². The van der Waals surface area contributed by atoms with Gasteiger partial charge in [-0.05, 0) is 49.7 Å². The van der Waals surface area contributed by atoms with E-state index >= 15 is 0 Å². The van der Waals surface area contributed by atoms with E-state index in [4.69, 9.17) is 11.6 Å². The van der Waals surface area contributed by atoms with Crippen LogP contribution >= 0.6 is 11.6 Å². The van der Waals surface area contributed by atoms with Crippen LogP contribution in [0, 0.1) is 13.8 Å². The van der Waals surface area contributed by atoms with Crippen LogP contribution in [0.25, 0.3) is 16.7 Å². The molecule has 0 amide bonds. The van der Waals surface area contributed by atoms with Crippen molar-refractivity contribution >= 4 is 34.5 Å². The number of aryl methyl sites for hydroxylation is 2. The van der Waals surface area contributed by atoms with E-state index in [2.05, 4.69) is 20.1 Å². The molecule has 4 aromatic rings. The van der Waals surface area contributed by atoms with Crippen LogP contribution in [0.15, 0.2) is 51.0 Å². The summed E-state index contributed by atoms with van der Waals surface area (Å²) in [6.45, 7) is 3.71. The molecule has 136 valence electrons. The van der Waals surface area contributed by atoms with Crippen LogP contribution in [0.1, 0.15) is 16.8 Å². The fraction of sp³-hybridized carbons (Fsp3) is 0.105. The number of halogens is 1. The first-order valence-electron chi connectivity index (χ1n) is 8.26. The highest BCUT2D eigenvalue weighted by Gasteiger charge is 2.11. The number of nitrogens with zero attached hydrogens (tertiary/aromatic N) is 2. The van der Waals surface area contributed by atoms with E-state index in [0.29, 0.717) is 38.7 Å². The van der Waals surface area contributed by atoms with E-state index in [1.165, 1.54) is 10.9 Å². The topological polar surface area (TPSA) is 98.8 Å². The standard InChI is InChI=1S/C19H16ClN5O2/c1-10-3-5-13(8-15(10)20)25-18(26)14(11(2)24-25)9-21-12-4-6-16-17(7-12)23-19(27)22-16/h3-9,24H,1-2H3,(H2,22,23,27). The van der Waals surface area contributed by atoms with Crippen molar-refractivity contribution in [2.75, 3.05) is 0 Å². The van der Waals surface area contributed by atoms with Crippen LogP contribution in [-0.4, -0.2) is 26.0 Å². The summed E-state index contributed by atoms with van der Waals surface area (Å²) in [5.41, 5.74) is 4.25. The minimum absolute atomic E-state index is 0.215. The Kier molecular flexibility index (Phi) is 4.08. The molecule has 0 radical (unpaired) electrons. The van der Waals surface area contributed by atoms with Crippen molar-refractivity contribution in [3.8, 4) is 5.69 Å². The number of imidazole rings is 1. The van der Waals surface area contributed by atoms with Crippen LogP contribution in [0.5, 0.6) is 0 Å². The molecule has 7 nitrogen and oxygen atoms in total. The summed E-state index contributed by atoms with van der Waals surface area (Å²) in [5, 5.41) is 3.64.